The number of carbonyl (C=O) groups excluding carboxylic acids is 2. The van der Waals surface area contributed by atoms with Crippen LogP contribution in [0.4, 0.5) is 4.39 Å². The summed E-state index contributed by atoms with van der Waals surface area (Å²) in [7, 11) is 1.37. The molecule has 7 heteroatoms. The first-order valence-corrected chi connectivity index (χ1v) is 7.81. The van der Waals surface area contributed by atoms with Gasteiger partial charge in [0.25, 0.3) is 5.91 Å². The predicted molar refractivity (Wildman–Crippen MR) is 89.2 cm³/mol. The molecule has 2 rings (SSSR count). The highest BCUT2D eigenvalue weighted by Gasteiger charge is 2.12. The van der Waals surface area contributed by atoms with Crippen molar-refractivity contribution in [1.29, 1.82) is 0 Å². The van der Waals surface area contributed by atoms with E-state index in [1.807, 2.05) is 0 Å². The Morgan fingerprint density at radius 3 is 2.62 bits per heavy atom. The molecule has 0 spiro atoms. The Labute approximate surface area is 146 Å². The molecule has 1 N–H and O–H groups in total. The first-order chi connectivity index (χ1) is 11.5. The van der Waals surface area contributed by atoms with Gasteiger partial charge < -0.3 is 14.8 Å². The number of carbonyl (C=O) groups is 2. The first kappa shape index (κ1) is 17.9. The van der Waals surface area contributed by atoms with Gasteiger partial charge in [-0.1, -0.05) is 18.2 Å². The van der Waals surface area contributed by atoms with Gasteiger partial charge in [0.2, 0.25) is 0 Å². The van der Waals surface area contributed by atoms with E-state index >= 15 is 0 Å². The number of rotatable bonds is 6. The molecule has 24 heavy (non-hydrogen) atoms. The lowest BCUT2D eigenvalue weighted by atomic mass is 10.2. The number of methoxy groups -OCH3 is 1. The Bertz CT molecular complexity index is 751. The second-order valence-corrected chi connectivity index (χ2v) is 5.65. The Balaban J connectivity index is 1.82. The summed E-state index contributed by atoms with van der Waals surface area (Å²) in [6.07, 6.45) is 0. The fourth-order valence-electron chi connectivity index (χ4n) is 1.91. The maximum absolute atomic E-state index is 13.5. The van der Waals surface area contributed by atoms with Crippen LogP contribution in [0.25, 0.3) is 0 Å². The smallest absolute Gasteiger partial charge is 0.325 e. The fraction of sp³-hybridized carbons (Fsp3) is 0.176. The lowest BCUT2D eigenvalue weighted by Crippen LogP contribution is -2.30. The topological polar surface area (TPSA) is 64.6 Å². The van der Waals surface area contributed by atoms with Crippen LogP contribution < -0.4 is 10.1 Å². The SMILES string of the molecule is COc1ccc(COC(=O)CNC(=O)c2ccccc2Br)cc1F. The quantitative estimate of drug-likeness (QED) is 0.763. The number of nitrogens with one attached hydrogen (secondary N) is 1. The van der Waals surface area contributed by atoms with E-state index in [1.165, 1.54) is 19.2 Å². The van der Waals surface area contributed by atoms with E-state index in [-0.39, 0.29) is 18.9 Å². The Morgan fingerprint density at radius 2 is 1.96 bits per heavy atom. The van der Waals surface area contributed by atoms with E-state index in [2.05, 4.69) is 21.2 Å². The molecule has 0 radical (unpaired) electrons. The zero-order valence-electron chi connectivity index (χ0n) is 12.8. The van der Waals surface area contributed by atoms with Crippen LogP contribution in [0.3, 0.4) is 0 Å². The summed E-state index contributed by atoms with van der Waals surface area (Å²) in [5, 5.41) is 2.47. The molecule has 0 aromatic heterocycles. The third-order valence-electron chi connectivity index (χ3n) is 3.13. The van der Waals surface area contributed by atoms with Crippen molar-refractivity contribution < 1.29 is 23.5 Å². The van der Waals surface area contributed by atoms with Crippen LogP contribution in [0.2, 0.25) is 0 Å². The number of esters is 1. The first-order valence-electron chi connectivity index (χ1n) is 7.02. The molecular formula is C17H15BrFNO4. The zero-order chi connectivity index (χ0) is 17.5. The molecule has 2 aromatic carbocycles. The third-order valence-corrected chi connectivity index (χ3v) is 3.82. The van der Waals surface area contributed by atoms with Crippen molar-refractivity contribution in [2.75, 3.05) is 13.7 Å². The number of amides is 1. The number of halogens is 2. The summed E-state index contributed by atoms with van der Waals surface area (Å²) in [4.78, 5) is 23.6. The molecule has 0 unspecified atom stereocenters. The molecule has 2 aromatic rings. The minimum absolute atomic E-state index is 0.0926. The monoisotopic (exact) mass is 395 g/mol. The van der Waals surface area contributed by atoms with Gasteiger partial charge in [0.1, 0.15) is 13.2 Å². The van der Waals surface area contributed by atoms with Crippen LogP contribution in [0.15, 0.2) is 46.9 Å². The molecule has 0 saturated heterocycles. The largest absolute Gasteiger partial charge is 0.494 e. The van der Waals surface area contributed by atoms with Gasteiger partial charge in [0.15, 0.2) is 11.6 Å². The molecule has 0 aliphatic carbocycles. The molecule has 5 nitrogen and oxygen atoms in total. The van der Waals surface area contributed by atoms with Gasteiger partial charge in [0.05, 0.1) is 12.7 Å². The van der Waals surface area contributed by atoms with E-state index in [1.54, 1.807) is 30.3 Å². The van der Waals surface area contributed by atoms with E-state index in [4.69, 9.17) is 9.47 Å². The highest BCUT2D eigenvalue weighted by Crippen LogP contribution is 2.18. The van der Waals surface area contributed by atoms with Crippen LogP contribution in [0.5, 0.6) is 5.75 Å². The molecule has 0 aliphatic heterocycles. The van der Waals surface area contributed by atoms with Crippen molar-refractivity contribution in [3.05, 3.63) is 63.9 Å². The molecule has 126 valence electrons. The molecule has 0 aliphatic rings. The maximum Gasteiger partial charge on any atom is 0.325 e. The predicted octanol–water partition coefficient (Wildman–Crippen LogP) is 3.07. The zero-order valence-corrected chi connectivity index (χ0v) is 14.4. The van der Waals surface area contributed by atoms with Crippen molar-refractivity contribution in [3.8, 4) is 5.75 Å². The highest BCUT2D eigenvalue weighted by atomic mass is 79.9. The van der Waals surface area contributed by atoms with Crippen LogP contribution in [-0.2, 0) is 16.1 Å². The molecule has 0 saturated carbocycles. The summed E-state index contributed by atoms with van der Waals surface area (Å²) < 4.78 is 24.0. The minimum atomic E-state index is -0.619. The van der Waals surface area contributed by atoms with E-state index in [0.717, 1.165) is 0 Å². The van der Waals surface area contributed by atoms with Gasteiger partial charge in [-0.25, -0.2) is 4.39 Å². The van der Waals surface area contributed by atoms with Crippen LogP contribution >= 0.6 is 15.9 Å². The number of hydrogen-bond donors (Lipinski definition) is 1. The normalized spacial score (nSPS) is 10.1. The standard InChI is InChI=1S/C17H15BrFNO4/c1-23-15-7-6-11(8-14(15)19)10-24-16(21)9-20-17(22)12-4-2-3-5-13(12)18/h2-8H,9-10H2,1H3,(H,20,22). The van der Waals surface area contributed by atoms with Gasteiger partial charge in [-0.3, -0.25) is 9.59 Å². The Hall–Kier alpha value is -2.41. The molecule has 0 fully saturated rings. The summed E-state index contributed by atoms with van der Waals surface area (Å²) in [5.41, 5.74) is 0.904. The van der Waals surface area contributed by atoms with Gasteiger partial charge in [-0.05, 0) is 45.8 Å². The number of benzene rings is 2. The Morgan fingerprint density at radius 1 is 1.21 bits per heavy atom. The summed E-state index contributed by atoms with van der Waals surface area (Å²) in [6, 6.07) is 11.1. The van der Waals surface area contributed by atoms with E-state index < -0.39 is 17.7 Å². The molecule has 0 bridgehead atoms. The van der Waals surface area contributed by atoms with Crippen LogP contribution in [0, 0.1) is 5.82 Å². The van der Waals surface area contributed by atoms with Gasteiger partial charge in [-0.15, -0.1) is 0 Å². The summed E-state index contributed by atoms with van der Waals surface area (Å²) >= 11 is 3.26. The van der Waals surface area contributed by atoms with Gasteiger partial charge >= 0.3 is 5.97 Å². The van der Waals surface area contributed by atoms with Crippen molar-refractivity contribution in [3.63, 3.8) is 0 Å². The second-order valence-electron chi connectivity index (χ2n) is 4.79. The average molecular weight is 396 g/mol. The third kappa shape index (κ3) is 4.79. The van der Waals surface area contributed by atoms with Crippen molar-refractivity contribution in [1.82, 2.24) is 5.32 Å². The van der Waals surface area contributed by atoms with Crippen molar-refractivity contribution in [2.24, 2.45) is 0 Å². The molecule has 0 atom stereocenters. The summed E-state index contributed by atoms with van der Waals surface area (Å²) in [5.74, 6) is -1.43. The minimum Gasteiger partial charge on any atom is -0.494 e. The Kier molecular flexibility index (Phi) is 6.31. The average Bonchev–Trinajstić information content (AvgIpc) is 2.58. The number of hydrogen-bond acceptors (Lipinski definition) is 4. The summed E-state index contributed by atoms with van der Waals surface area (Å²) in [6.45, 7) is -0.372. The van der Waals surface area contributed by atoms with E-state index in [9.17, 15) is 14.0 Å². The lowest BCUT2D eigenvalue weighted by Gasteiger charge is -2.08. The van der Waals surface area contributed by atoms with Crippen LogP contribution in [-0.4, -0.2) is 25.5 Å². The second kappa shape index (κ2) is 8.44. The molecular weight excluding hydrogens is 381 g/mol. The lowest BCUT2D eigenvalue weighted by molar-refractivity contribution is -0.143. The van der Waals surface area contributed by atoms with Crippen LogP contribution in [0.1, 0.15) is 15.9 Å². The fourth-order valence-corrected chi connectivity index (χ4v) is 2.37. The van der Waals surface area contributed by atoms with Crippen molar-refractivity contribution >= 4 is 27.8 Å². The van der Waals surface area contributed by atoms with E-state index in [0.29, 0.717) is 15.6 Å². The molecule has 1 amide bonds. The van der Waals surface area contributed by atoms with Crippen molar-refractivity contribution in [2.45, 2.75) is 6.61 Å². The molecule has 0 heterocycles. The number of ether oxygens (including phenoxy) is 2. The maximum atomic E-state index is 13.5. The van der Waals surface area contributed by atoms with Gasteiger partial charge in [0, 0.05) is 4.47 Å². The highest BCUT2D eigenvalue weighted by molar-refractivity contribution is 9.10. The van der Waals surface area contributed by atoms with Gasteiger partial charge in [-0.2, -0.15) is 0 Å².